The van der Waals surface area contributed by atoms with Crippen molar-refractivity contribution in [3.05, 3.63) is 54.2 Å². The molecular formula is C19H20N2O3. The standard InChI is InChI=1S/C19H20N2O3/c1-20(2)12-15-14-7-5-6-8-16(14)21(19(15)22)13-9-10-17(23-3)18(11-13)24-4/h5-12H,1-4H3. The third-order valence-electron chi connectivity index (χ3n) is 3.88. The molecule has 1 aliphatic heterocycles. The van der Waals surface area contributed by atoms with Gasteiger partial charge in [0.15, 0.2) is 11.5 Å². The average Bonchev–Trinajstić information content (AvgIpc) is 2.86. The van der Waals surface area contributed by atoms with E-state index in [-0.39, 0.29) is 5.91 Å². The highest BCUT2D eigenvalue weighted by molar-refractivity contribution is 6.34. The first-order valence-corrected chi connectivity index (χ1v) is 7.61. The smallest absolute Gasteiger partial charge is 0.265 e. The normalized spacial score (nSPS) is 14.8. The molecular weight excluding hydrogens is 304 g/mol. The number of ether oxygens (including phenoxy) is 2. The van der Waals surface area contributed by atoms with E-state index in [1.54, 1.807) is 25.2 Å². The fraction of sp³-hybridized carbons (Fsp3) is 0.211. The maximum Gasteiger partial charge on any atom is 0.265 e. The Bertz CT molecular complexity index is 812. The van der Waals surface area contributed by atoms with E-state index in [9.17, 15) is 4.79 Å². The number of carbonyl (C=O) groups excluding carboxylic acids is 1. The predicted octanol–water partition coefficient (Wildman–Crippen LogP) is 3.28. The van der Waals surface area contributed by atoms with Crippen LogP contribution in [0, 0.1) is 0 Å². The number of carbonyl (C=O) groups is 1. The van der Waals surface area contributed by atoms with E-state index in [1.165, 1.54) is 0 Å². The van der Waals surface area contributed by atoms with Crippen LogP contribution in [0.25, 0.3) is 5.57 Å². The van der Waals surface area contributed by atoms with Crippen molar-refractivity contribution < 1.29 is 14.3 Å². The summed E-state index contributed by atoms with van der Waals surface area (Å²) in [5.41, 5.74) is 3.20. The molecule has 0 unspecified atom stereocenters. The van der Waals surface area contributed by atoms with E-state index in [2.05, 4.69) is 0 Å². The lowest BCUT2D eigenvalue weighted by Gasteiger charge is -2.19. The van der Waals surface area contributed by atoms with Crippen LogP contribution >= 0.6 is 0 Å². The summed E-state index contributed by atoms with van der Waals surface area (Å²) in [5.74, 6) is 1.16. The highest BCUT2D eigenvalue weighted by atomic mass is 16.5. The molecule has 0 N–H and O–H groups in total. The molecule has 5 heteroatoms. The van der Waals surface area contributed by atoms with Gasteiger partial charge in [-0.1, -0.05) is 18.2 Å². The highest BCUT2D eigenvalue weighted by Crippen LogP contribution is 2.43. The van der Waals surface area contributed by atoms with Crippen molar-refractivity contribution in [1.29, 1.82) is 0 Å². The summed E-state index contributed by atoms with van der Waals surface area (Å²) in [5, 5.41) is 0. The summed E-state index contributed by atoms with van der Waals surface area (Å²) < 4.78 is 10.6. The fourth-order valence-electron chi connectivity index (χ4n) is 2.84. The van der Waals surface area contributed by atoms with Crippen molar-refractivity contribution in [3.63, 3.8) is 0 Å². The number of fused-ring (bicyclic) bond motifs is 1. The SMILES string of the molecule is COc1ccc(N2C(=O)C(=CN(C)C)c3ccccc32)cc1OC. The number of hydrogen-bond donors (Lipinski definition) is 0. The summed E-state index contributed by atoms with van der Waals surface area (Å²) >= 11 is 0. The van der Waals surface area contributed by atoms with E-state index in [0.717, 1.165) is 16.9 Å². The number of benzene rings is 2. The van der Waals surface area contributed by atoms with Gasteiger partial charge in [-0.15, -0.1) is 0 Å². The second kappa shape index (κ2) is 6.28. The van der Waals surface area contributed by atoms with Crippen molar-refractivity contribution in [2.24, 2.45) is 0 Å². The van der Waals surface area contributed by atoms with Crippen LogP contribution in [-0.2, 0) is 4.79 Å². The van der Waals surface area contributed by atoms with Crippen molar-refractivity contribution in [2.75, 3.05) is 33.2 Å². The van der Waals surface area contributed by atoms with E-state index in [0.29, 0.717) is 17.1 Å². The molecule has 0 bridgehead atoms. The Labute approximate surface area is 141 Å². The first-order chi connectivity index (χ1) is 11.6. The summed E-state index contributed by atoms with van der Waals surface area (Å²) in [6, 6.07) is 13.2. The topological polar surface area (TPSA) is 42.0 Å². The molecule has 0 aliphatic carbocycles. The average molecular weight is 324 g/mol. The van der Waals surface area contributed by atoms with Gasteiger partial charge < -0.3 is 14.4 Å². The Morgan fingerprint density at radius 2 is 1.71 bits per heavy atom. The number of rotatable bonds is 4. The lowest BCUT2D eigenvalue weighted by molar-refractivity contribution is -0.112. The van der Waals surface area contributed by atoms with Gasteiger partial charge in [0.05, 0.1) is 31.2 Å². The third-order valence-corrected chi connectivity index (χ3v) is 3.88. The van der Waals surface area contributed by atoms with Gasteiger partial charge in [0.2, 0.25) is 0 Å². The minimum atomic E-state index is -0.0582. The second-order valence-electron chi connectivity index (χ2n) is 5.70. The van der Waals surface area contributed by atoms with Gasteiger partial charge in [-0.3, -0.25) is 9.69 Å². The zero-order valence-electron chi connectivity index (χ0n) is 14.2. The predicted molar refractivity (Wildman–Crippen MR) is 94.8 cm³/mol. The zero-order valence-corrected chi connectivity index (χ0v) is 14.2. The Balaban J connectivity index is 2.14. The molecule has 1 amide bonds. The molecule has 0 radical (unpaired) electrons. The largest absolute Gasteiger partial charge is 0.493 e. The zero-order chi connectivity index (χ0) is 17.3. The van der Waals surface area contributed by atoms with Crippen LogP contribution in [0.1, 0.15) is 5.56 Å². The molecule has 0 aromatic heterocycles. The summed E-state index contributed by atoms with van der Waals surface area (Å²) in [6.45, 7) is 0. The molecule has 124 valence electrons. The van der Waals surface area contributed by atoms with Crippen molar-refractivity contribution in [1.82, 2.24) is 4.90 Å². The minimum absolute atomic E-state index is 0.0582. The molecule has 0 fully saturated rings. The third kappa shape index (κ3) is 2.58. The van der Waals surface area contributed by atoms with Crippen LogP contribution in [0.2, 0.25) is 0 Å². The summed E-state index contributed by atoms with van der Waals surface area (Å²) in [6.07, 6.45) is 1.85. The van der Waals surface area contributed by atoms with Gasteiger partial charge in [-0.2, -0.15) is 0 Å². The minimum Gasteiger partial charge on any atom is -0.493 e. The van der Waals surface area contributed by atoms with Gasteiger partial charge in [-0.25, -0.2) is 0 Å². The van der Waals surface area contributed by atoms with E-state index < -0.39 is 0 Å². The van der Waals surface area contributed by atoms with Crippen LogP contribution in [0.3, 0.4) is 0 Å². The Kier molecular flexibility index (Phi) is 4.16. The van der Waals surface area contributed by atoms with Crippen LogP contribution in [-0.4, -0.2) is 39.1 Å². The molecule has 1 heterocycles. The van der Waals surface area contributed by atoms with Crippen molar-refractivity contribution in [3.8, 4) is 11.5 Å². The molecule has 1 aliphatic rings. The highest BCUT2D eigenvalue weighted by Gasteiger charge is 2.33. The number of methoxy groups -OCH3 is 2. The van der Waals surface area contributed by atoms with Crippen LogP contribution < -0.4 is 14.4 Å². The van der Waals surface area contributed by atoms with Gasteiger partial charge >= 0.3 is 0 Å². The van der Waals surface area contributed by atoms with Gasteiger partial charge in [0, 0.05) is 31.9 Å². The maximum absolute atomic E-state index is 13.0. The van der Waals surface area contributed by atoms with Crippen LogP contribution in [0.5, 0.6) is 11.5 Å². The number of nitrogens with zero attached hydrogens (tertiary/aromatic N) is 2. The van der Waals surface area contributed by atoms with Gasteiger partial charge in [0.25, 0.3) is 5.91 Å². The molecule has 0 saturated carbocycles. The van der Waals surface area contributed by atoms with Crippen LogP contribution in [0.15, 0.2) is 48.7 Å². The summed E-state index contributed by atoms with van der Waals surface area (Å²) in [7, 11) is 6.98. The number of hydrogen-bond acceptors (Lipinski definition) is 4. The molecule has 3 rings (SSSR count). The number of amides is 1. The van der Waals surface area contributed by atoms with Crippen molar-refractivity contribution >= 4 is 22.9 Å². The molecule has 2 aromatic rings. The molecule has 2 aromatic carbocycles. The number of para-hydroxylation sites is 1. The molecule has 0 atom stereocenters. The lowest BCUT2D eigenvalue weighted by Crippen LogP contribution is -2.21. The monoisotopic (exact) mass is 324 g/mol. The Morgan fingerprint density at radius 1 is 1.00 bits per heavy atom. The van der Waals surface area contributed by atoms with Crippen LogP contribution in [0.4, 0.5) is 11.4 Å². The van der Waals surface area contributed by atoms with E-state index >= 15 is 0 Å². The lowest BCUT2D eigenvalue weighted by atomic mass is 10.1. The number of anilines is 2. The Hall–Kier alpha value is -2.95. The Morgan fingerprint density at radius 3 is 2.38 bits per heavy atom. The molecule has 24 heavy (non-hydrogen) atoms. The summed E-state index contributed by atoms with van der Waals surface area (Å²) in [4.78, 5) is 16.6. The molecule has 0 saturated heterocycles. The molecule has 5 nitrogen and oxygen atoms in total. The van der Waals surface area contributed by atoms with Crippen molar-refractivity contribution in [2.45, 2.75) is 0 Å². The quantitative estimate of drug-likeness (QED) is 0.810. The van der Waals surface area contributed by atoms with E-state index in [1.807, 2.05) is 61.6 Å². The van der Waals surface area contributed by atoms with Gasteiger partial charge in [-0.05, 0) is 18.2 Å². The molecule has 0 spiro atoms. The fourth-order valence-corrected chi connectivity index (χ4v) is 2.84. The first kappa shape index (κ1) is 15.9. The second-order valence-corrected chi connectivity index (χ2v) is 5.70. The first-order valence-electron chi connectivity index (χ1n) is 7.61. The van der Waals surface area contributed by atoms with E-state index in [4.69, 9.17) is 9.47 Å². The maximum atomic E-state index is 13.0. The van der Waals surface area contributed by atoms with Gasteiger partial charge in [0.1, 0.15) is 0 Å².